The summed E-state index contributed by atoms with van der Waals surface area (Å²) in [6.07, 6.45) is 2.55. The molecular formula is C10H11N3O3S. The van der Waals surface area contributed by atoms with E-state index in [1.165, 1.54) is 19.5 Å². The minimum atomic E-state index is -3.59. The van der Waals surface area contributed by atoms with E-state index in [1.54, 1.807) is 24.3 Å². The zero-order valence-corrected chi connectivity index (χ0v) is 9.86. The Kier molecular flexibility index (Phi) is 3.01. The molecule has 0 bridgehead atoms. The first-order valence-electron chi connectivity index (χ1n) is 4.77. The third-order valence-electron chi connectivity index (χ3n) is 2.11. The quantitative estimate of drug-likeness (QED) is 0.858. The van der Waals surface area contributed by atoms with Gasteiger partial charge in [0.15, 0.2) is 0 Å². The van der Waals surface area contributed by atoms with Gasteiger partial charge in [-0.25, -0.2) is 8.42 Å². The highest BCUT2D eigenvalue weighted by atomic mass is 32.2. The topological polar surface area (TPSA) is 84.1 Å². The summed E-state index contributed by atoms with van der Waals surface area (Å²) in [5.41, 5.74) is 0.436. The number of aromatic amines is 1. The van der Waals surface area contributed by atoms with E-state index in [1.807, 2.05) is 0 Å². The molecule has 2 aromatic rings. The lowest BCUT2D eigenvalue weighted by molar-refractivity contribution is 0.415. The Hall–Kier alpha value is -2.02. The predicted octanol–water partition coefficient (Wildman–Crippen LogP) is 1.22. The number of hydrogen-bond acceptors (Lipinski definition) is 4. The lowest BCUT2D eigenvalue weighted by Gasteiger charge is -2.07. The average Bonchev–Trinajstić information content (AvgIpc) is 2.83. The van der Waals surface area contributed by atoms with E-state index in [9.17, 15) is 8.42 Å². The van der Waals surface area contributed by atoms with Crippen molar-refractivity contribution in [2.24, 2.45) is 0 Å². The fraction of sp³-hybridized carbons (Fsp3) is 0.100. The highest BCUT2D eigenvalue weighted by molar-refractivity contribution is 7.92. The predicted molar refractivity (Wildman–Crippen MR) is 62.4 cm³/mol. The number of aromatic nitrogens is 2. The van der Waals surface area contributed by atoms with Crippen molar-refractivity contribution in [3.8, 4) is 5.75 Å². The van der Waals surface area contributed by atoms with Gasteiger partial charge in [-0.3, -0.25) is 9.82 Å². The van der Waals surface area contributed by atoms with Crippen molar-refractivity contribution in [3.63, 3.8) is 0 Å². The van der Waals surface area contributed by atoms with E-state index >= 15 is 0 Å². The third-order valence-corrected chi connectivity index (χ3v) is 3.45. The third kappa shape index (κ3) is 2.56. The van der Waals surface area contributed by atoms with Crippen LogP contribution in [0.2, 0.25) is 0 Å². The molecule has 2 rings (SSSR count). The number of methoxy groups -OCH3 is 1. The largest absolute Gasteiger partial charge is 0.497 e. The standard InChI is InChI=1S/C10H11N3O3S/c1-16-9-4-2-3-8(5-9)13-17(14,15)10-6-11-12-7-10/h2-7,13H,1H3,(H,11,12). The maximum Gasteiger partial charge on any atom is 0.265 e. The van der Waals surface area contributed by atoms with Crippen molar-refractivity contribution in [1.82, 2.24) is 10.2 Å². The van der Waals surface area contributed by atoms with Crippen LogP contribution in [0.1, 0.15) is 0 Å². The number of ether oxygens (including phenoxy) is 1. The number of nitrogens with zero attached hydrogens (tertiary/aromatic N) is 1. The van der Waals surface area contributed by atoms with Gasteiger partial charge < -0.3 is 4.74 Å². The first-order valence-corrected chi connectivity index (χ1v) is 6.26. The SMILES string of the molecule is COc1cccc(NS(=O)(=O)c2cn[nH]c2)c1. The molecule has 0 aliphatic rings. The Balaban J connectivity index is 2.26. The summed E-state index contributed by atoms with van der Waals surface area (Å²) in [5, 5.41) is 6.05. The van der Waals surface area contributed by atoms with Gasteiger partial charge in [0.1, 0.15) is 10.6 Å². The van der Waals surface area contributed by atoms with Crippen LogP contribution in [0.4, 0.5) is 5.69 Å². The van der Waals surface area contributed by atoms with Gasteiger partial charge in [-0.15, -0.1) is 0 Å². The Labute approximate surface area is 98.7 Å². The van der Waals surface area contributed by atoms with Crippen molar-refractivity contribution in [2.75, 3.05) is 11.8 Å². The maximum atomic E-state index is 11.9. The van der Waals surface area contributed by atoms with Gasteiger partial charge in [-0.05, 0) is 12.1 Å². The fourth-order valence-electron chi connectivity index (χ4n) is 1.29. The molecule has 0 unspecified atom stereocenters. The second kappa shape index (κ2) is 4.46. The van der Waals surface area contributed by atoms with Crippen molar-refractivity contribution in [1.29, 1.82) is 0 Å². The fourth-order valence-corrected chi connectivity index (χ4v) is 2.24. The minimum Gasteiger partial charge on any atom is -0.497 e. The Morgan fingerprint density at radius 1 is 1.41 bits per heavy atom. The van der Waals surface area contributed by atoms with Gasteiger partial charge in [0, 0.05) is 12.3 Å². The summed E-state index contributed by atoms with van der Waals surface area (Å²) >= 11 is 0. The second-order valence-corrected chi connectivity index (χ2v) is 4.95. The van der Waals surface area contributed by atoms with E-state index in [4.69, 9.17) is 4.74 Å². The second-order valence-electron chi connectivity index (χ2n) is 3.27. The minimum absolute atomic E-state index is 0.0836. The number of H-pyrrole nitrogens is 1. The van der Waals surface area contributed by atoms with Crippen LogP contribution in [0.15, 0.2) is 41.6 Å². The van der Waals surface area contributed by atoms with Crippen molar-refractivity contribution in [3.05, 3.63) is 36.7 Å². The zero-order valence-electron chi connectivity index (χ0n) is 9.04. The van der Waals surface area contributed by atoms with Crippen LogP contribution < -0.4 is 9.46 Å². The highest BCUT2D eigenvalue weighted by Gasteiger charge is 2.15. The molecule has 0 amide bonds. The summed E-state index contributed by atoms with van der Waals surface area (Å²) < 4.78 is 31.1. The van der Waals surface area contributed by atoms with Crippen LogP contribution in [0.3, 0.4) is 0 Å². The van der Waals surface area contributed by atoms with Crippen molar-refractivity contribution < 1.29 is 13.2 Å². The van der Waals surface area contributed by atoms with Crippen molar-refractivity contribution in [2.45, 2.75) is 4.90 Å². The van der Waals surface area contributed by atoms with E-state index in [-0.39, 0.29) is 4.90 Å². The number of rotatable bonds is 4. The zero-order chi connectivity index (χ0) is 12.3. The summed E-state index contributed by atoms with van der Waals surface area (Å²) in [4.78, 5) is 0.0836. The molecule has 17 heavy (non-hydrogen) atoms. The lowest BCUT2D eigenvalue weighted by atomic mass is 10.3. The van der Waals surface area contributed by atoms with Gasteiger partial charge in [0.2, 0.25) is 0 Å². The molecule has 2 N–H and O–H groups in total. The molecule has 7 heteroatoms. The van der Waals surface area contributed by atoms with Crippen LogP contribution in [0.5, 0.6) is 5.75 Å². The van der Waals surface area contributed by atoms with E-state index in [2.05, 4.69) is 14.9 Å². The van der Waals surface area contributed by atoms with Crippen LogP contribution in [0.25, 0.3) is 0 Å². The highest BCUT2D eigenvalue weighted by Crippen LogP contribution is 2.19. The molecule has 0 aliphatic carbocycles. The van der Waals surface area contributed by atoms with Crippen LogP contribution in [0, 0.1) is 0 Å². The van der Waals surface area contributed by atoms with Crippen LogP contribution in [-0.4, -0.2) is 25.7 Å². The summed E-state index contributed by atoms with van der Waals surface area (Å²) in [6.45, 7) is 0. The molecular weight excluding hydrogens is 242 g/mol. The summed E-state index contributed by atoms with van der Waals surface area (Å²) in [6, 6.07) is 6.67. The van der Waals surface area contributed by atoms with Gasteiger partial charge in [-0.1, -0.05) is 6.07 Å². The van der Waals surface area contributed by atoms with Gasteiger partial charge in [0.25, 0.3) is 10.0 Å². The maximum absolute atomic E-state index is 11.9. The summed E-state index contributed by atoms with van der Waals surface area (Å²) in [7, 11) is -2.08. The molecule has 90 valence electrons. The van der Waals surface area contributed by atoms with E-state index in [0.29, 0.717) is 11.4 Å². The molecule has 1 aromatic carbocycles. The Morgan fingerprint density at radius 2 is 2.24 bits per heavy atom. The molecule has 0 spiro atoms. The smallest absolute Gasteiger partial charge is 0.265 e. The van der Waals surface area contributed by atoms with Gasteiger partial charge in [-0.2, -0.15) is 5.10 Å². The molecule has 0 saturated heterocycles. The van der Waals surface area contributed by atoms with Crippen LogP contribution in [-0.2, 0) is 10.0 Å². The summed E-state index contributed by atoms with van der Waals surface area (Å²) in [5.74, 6) is 0.581. The van der Waals surface area contributed by atoms with Gasteiger partial charge in [0.05, 0.1) is 19.0 Å². The molecule has 0 atom stereocenters. The van der Waals surface area contributed by atoms with E-state index < -0.39 is 10.0 Å². The number of sulfonamides is 1. The molecule has 0 saturated carbocycles. The van der Waals surface area contributed by atoms with E-state index in [0.717, 1.165) is 0 Å². The van der Waals surface area contributed by atoms with Gasteiger partial charge >= 0.3 is 0 Å². The number of hydrogen-bond donors (Lipinski definition) is 2. The molecule has 0 radical (unpaired) electrons. The molecule has 1 heterocycles. The normalized spacial score (nSPS) is 11.1. The number of nitrogens with one attached hydrogen (secondary N) is 2. The van der Waals surface area contributed by atoms with Crippen molar-refractivity contribution >= 4 is 15.7 Å². The average molecular weight is 253 g/mol. The number of benzene rings is 1. The molecule has 1 aromatic heterocycles. The monoisotopic (exact) mass is 253 g/mol. The first kappa shape index (κ1) is 11.5. The molecule has 0 fully saturated rings. The molecule has 6 nitrogen and oxygen atoms in total. The number of anilines is 1. The Morgan fingerprint density at radius 3 is 2.88 bits per heavy atom. The molecule has 0 aliphatic heterocycles. The Bertz CT molecular complexity index is 593. The lowest BCUT2D eigenvalue weighted by Crippen LogP contribution is -2.12. The first-order chi connectivity index (χ1) is 8.12. The van der Waals surface area contributed by atoms with Crippen LogP contribution >= 0.6 is 0 Å².